The van der Waals surface area contributed by atoms with Gasteiger partial charge in [-0.15, -0.1) is 23.2 Å². The van der Waals surface area contributed by atoms with Crippen LogP contribution in [0.15, 0.2) is 0 Å². The van der Waals surface area contributed by atoms with Crippen molar-refractivity contribution < 1.29 is 18.7 Å². The summed E-state index contributed by atoms with van der Waals surface area (Å²) in [4.78, 5) is 28.5. The third-order valence-electron chi connectivity index (χ3n) is 10.4. The molecule has 3 atom stereocenters. The van der Waals surface area contributed by atoms with E-state index < -0.39 is 11.5 Å². The van der Waals surface area contributed by atoms with Crippen LogP contribution >= 0.6 is 23.2 Å². The molecule has 2 amide bonds. The zero-order chi connectivity index (χ0) is 25.3. The van der Waals surface area contributed by atoms with Crippen LogP contribution in [0.4, 0.5) is 4.39 Å². The number of ether oxygens (including phenoxy) is 1. The van der Waals surface area contributed by atoms with Crippen LogP contribution in [0.3, 0.4) is 0 Å². The van der Waals surface area contributed by atoms with Crippen LogP contribution in [0.25, 0.3) is 0 Å². The maximum Gasteiger partial charge on any atom is 0.246 e. The van der Waals surface area contributed by atoms with E-state index in [0.717, 1.165) is 89.1 Å². The highest BCUT2D eigenvalue weighted by Gasteiger charge is 2.54. The minimum absolute atomic E-state index is 0.0301. The molecule has 5 nitrogen and oxygen atoms in total. The number of amides is 2. The molecule has 6 fully saturated rings. The molecular formula is C28H43Cl2FN2O3. The molecule has 5 saturated carbocycles. The van der Waals surface area contributed by atoms with Crippen LogP contribution in [-0.2, 0) is 14.3 Å². The summed E-state index contributed by atoms with van der Waals surface area (Å²) in [7, 11) is 0. The van der Waals surface area contributed by atoms with Gasteiger partial charge in [-0.25, -0.2) is 4.39 Å². The molecule has 6 rings (SSSR count). The number of fused-ring (bicyclic) bond motifs is 3. The average Bonchev–Trinajstić information content (AvgIpc) is 2.90. The lowest BCUT2D eigenvalue weighted by Gasteiger charge is -2.54. The molecule has 0 aromatic rings. The molecule has 8 heteroatoms. The van der Waals surface area contributed by atoms with Crippen molar-refractivity contribution in [2.24, 2.45) is 17.3 Å². The molecule has 5 aliphatic carbocycles. The van der Waals surface area contributed by atoms with Gasteiger partial charge in [0.2, 0.25) is 11.8 Å². The summed E-state index contributed by atoms with van der Waals surface area (Å²) in [6, 6.07) is 0. The van der Waals surface area contributed by atoms with E-state index >= 15 is 0 Å². The normalized spacial score (nSPS) is 41.8. The molecular weight excluding hydrogens is 502 g/mol. The summed E-state index contributed by atoms with van der Waals surface area (Å²) < 4.78 is 19.6. The third kappa shape index (κ3) is 5.86. The number of piperidine rings is 1. The number of hydrogen-bond acceptors (Lipinski definition) is 3. The summed E-state index contributed by atoms with van der Waals surface area (Å²) in [6.45, 7) is 1.77. The molecule has 204 valence electrons. The van der Waals surface area contributed by atoms with Crippen LogP contribution in [-0.4, -0.2) is 65.0 Å². The maximum absolute atomic E-state index is 13.9. The first-order valence-corrected chi connectivity index (χ1v) is 15.3. The smallest absolute Gasteiger partial charge is 0.246 e. The minimum Gasteiger partial charge on any atom is -0.368 e. The van der Waals surface area contributed by atoms with E-state index in [-0.39, 0.29) is 36.0 Å². The average molecular weight is 546 g/mol. The Kier molecular flexibility index (Phi) is 8.44. The molecule has 0 radical (unpaired) electrons. The number of hydrogen-bond donors (Lipinski definition) is 1. The van der Waals surface area contributed by atoms with Crippen molar-refractivity contribution in [1.82, 2.24) is 10.2 Å². The van der Waals surface area contributed by atoms with Crippen LogP contribution in [0.5, 0.6) is 0 Å². The summed E-state index contributed by atoms with van der Waals surface area (Å²) in [5.74, 6) is 1.79. The van der Waals surface area contributed by atoms with Gasteiger partial charge in [0, 0.05) is 35.8 Å². The second-order valence-electron chi connectivity index (χ2n) is 12.5. The van der Waals surface area contributed by atoms with Crippen molar-refractivity contribution in [3.8, 4) is 0 Å². The van der Waals surface area contributed by atoms with Crippen molar-refractivity contribution in [3.05, 3.63) is 0 Å². The number of rotatable bonds is 6. The monoisotopic (exact) mass is 544 g/mol. The molecule has 6 aliphatic rings. The Balaban J connectivity index is 1.06. The van der Waals surface area contributed by atoms with Gasteiger partial charge >= 0.3 is 0 Å². The van der Waals surface area contributed by atoms with Crippen molar-refractivity contribution in [2.45, 2.75) is 125 Å². The predicted octanol–water partition coefficient (Wildman–Crippen LogP) is 5.75. The molecule has 0 aromatic carbocycles. The van der Waals surface area contributed by atoms with Crippen molar-refractivity contribution in [1.29, 1.82) is 0 Å². The molecule has 1 aliphatic heterocycles. The first kappa shape index (κ1) is 27.0. The highest BCUT2D eigenvalue weighted by atomic mass is 35.5. The van der Waals surface area contributed by atoms with E-state index in [1.165, 1.54) is 12.8 Å². The summed E-state index contributed by atoms with van der Waals surface area (Å²) >= 11 is 12.3. The van der Waals surface area contributed by atoms with Crippen LogP contribution < -0.4 is 5.32 Å². The lowest BCUT2D eigenvalue weighted by molar-refractivity contribution is -0.152. The number of halogens is 3. The highest BCUT2D eigenvalue weighted by molar-refractivity contribution is 6.21. The van der Waals surface area contributed by atoms with Gasteiger partial charge in [0.15, 0.2) is 0 Å². The lowest BCUT2D eigenvalue weighted by atomic mass is 9.56. The molecule has 0 spiro atoms. The van der Waals surface area contributed by atoms with Gasteiger partial charge in [-0.2, -0.15) is 0 Å². The fourth-order valence-electron chi connectivity index (χ4n) is 7.87. The predicted molar refractivity (Wildman–Crippen MR) is 140 cm³/mol. The van der Waals surface area contributed by atoms with Crippen LogP contribution in [0, 0.1) is 17.3 Å². The van der Waals surface area contributed by atoms with Gasteiger partial charge < -0.3 is 15.0 Å². The molecule has 36 heavy (non-hydrogen) atoms. The van der Waals surface area contributed by atoms with Gasteiger partial charge in [-0.05, 0) is 102 Å². The Morgan fingerprint density at radius 2 is 1.47 bits per heavy atom. The fraction of sp³-hybridized carbons (Fsp3) is 0.929. The quantitative estimate of drug-likeness (QED) is 0.433. The SMILES string of the molecule is O=C(COC1CCC(Cl)C(F)C1)NC12CCC(C(=O)N3CCC(C4CCC(Cl)CC4)CC3)(CC1)CC2. The number of alkyl halides is 3. The summed E-state index contributed by atoms with van der Waals surface area (Å²) in [6.07, 6.45) is 12.4. The van der Waals surface area contributed by atoms with Gasteiger partial charge in [-0.3, -0.25) is 9.59 Å². The second-order valence-corrected chi connectivity index (χ2v) is 13.7. The number of likely N-dealkylation sites (tertiary alicyclic amines) is 1. The minimum atomic E-state index is -1.06. The number of carbonyl (C=O) groups is 2. The lowest BCUT2D eigenvalue weighted by Crippen LogP contribution is -2.61. The number of nitrogens with one attached hydrogen (secondary N) is 1. The van der Waals surface area contributed by atoms with E-state index in [2.05, 4.69) is 10.2 Å². The zero-order valence-corrected chi connectivity index (χ0v) is 23.0. The zero-order valence-electron chi connectivity index (χ0n) is 21.5. The molecule has 1 saturated heterocycles. The Morgan fingerprint density at radius 3 is 2.08 bits per heavy atom. The highest BCUT2D eigenvalue weighted by Crippen LogP contribution is 2.53. The molecule has 2 bridgehead atoms. The number of nitrogens with zero attached hydrogens (tertiary/aromatic N) is 1. The van der Waals surface area contributed by atoms with Crippen LogP contribution in [0.2, 0.25) is 0 Å². The van der Waals surface area contributed by atoms with Gasteiger partial charge in [0.25, 0.3) is 0 Å². The van der Waals surface area contributed by atoms with Crippen molar-refractivity contribution in [2.75, 3.05) is 19.7 Å². The standard InChI is InChI=1S/C28H43Cl2FN2O3/c29-21-3-1-19(2-4-21)20-7-15-33(16-8-20)26(35)27-9-12-28(13-10-27,14-11-27)32-25(34)18-36-22-5-6-23(30)24(31)17-22/h19-24H,1-18H2,(H,32,34). The fourth-order valence-corrected chi connectivity index (χ4v) is 8.35. The van der Waals surface area contributed by atoms with Gasteiger partial charge in [-0.1, -0.05) is 0 Å². The van der Waals surface area contributed by atoms with Crippen molar-refractivity contribution >= 4 is 35.0 Å². The molecule has 1 heterocycles. The topological polar surface area (TPSA) is 58.6 Å². The van der Waals surface area contributed by atoms with Crippen molar-refractivity contribution in [3.63, 3.8) is 0 Å². The number of carbonyl (C=O) groups excluding carboxylic acids is 2. The van der Waals surface area contributed by atoms with Crippen LogP contribution in [0.1, 0.15) is 96.3 Å². The summed E-state index contributed by atoms with van der Waals surface area (Å²) in [5, 5.41) is 3.17. The Bertz CT molecular complexity index is 773. The Hall–Kier alpha value is -0.590. The molecule has 1 N–H and O–H groups in total. The first-order valence-electron chi connectivity index (χ1n) is 14.4. The maximum atomic E-state index is 13.9. The second kappa shape index (κ2) is 11.3. The van der Waals surface area contributed by atoms with E-state index in [0.29, 0.717) is 24.1 Å². The summed E-state index contributed by atoms with van der Waals surface area (Å²) in [5.41, 5.74) is -0.448. The van der Waals surface area contributed by atoms with E-state index in [4.69, 9.17) is 27.9 Å². The Morgan fingerprint density at radius 1 is 0.861 bits per heavy atom. The third-order valence-corrected chi connectivity index (χ3v) is 11.3. The molecule has 0 aromatic heterocycles. The van der Waals surface area contributed by atoms with E-state index in [1.54, 1.807) is 0 Å². The van der Waals surface area contributed by atoms with E-state index in [1.807, 2.05) is 0 Å². The van der Waals surface area contributed by atoms with Gasteiger partial charge in [0.05, 0.1) is 11.5 Å². The molecule has 3 unspecified atom stereocenters. The van der Waals surface area contributed by atoms with E-state index in [9.17, 15) is 14.0 Å². The largest absolute Gasteiger partial charge is 0.368 e. The first-order chi connectivity index (χ1) is 17.3. The Labute approximate surface area is 225 Å². The van der Waals surface area contributed by atoms with Gasteiger partial charge in [0.1, 0.15) is 12.8 Å².